The monoisotopic (exact) mass is 446 g/mol. The van der Waals surface area contributed by atoms with Crippen LogP contribution >= 0.6 is 11.6 Å². The second-order valence-corrected chi connectivity index (χ2v) is 6.49. The van der Waals surface area contributed by atoms with Crippen molar-refractivity contribution in [2.24, 2.45) is 0 Å². The molecule has 2 nitrogen and oxygen atoms in total. The molecule has 0 heterocycles. The zero-order valence-corrected chi connectivity index (χ0v) is 14.8. The largest absolute Gasteiger partial charge is 0.478 e. The Morgan fingerprint density at radius 3 is 2.07 bits per heavy atom. The number of rotatable bonds is 5. The smallest absolute Gasteiger partial charge is 0.417 e. The number of alkyl halides is 7. The normalized spacial score (nSPS) is 14.5. The van der Waals surface area contributed by atoms with Crippen LogP contribution in [0.5, 0.6) is 0 Å². The number of benzene rings is 2. The molecule has 158 valence electrons. The van der Waals surface area contributed by atoms with E-state index in [0.29, 0.717) is 18.2 Å². The molecule has 0 aliphatic heterocycles. The van der Waals surface area contributed by atoms with Gasteiger partial charge in [0.1, 0.15) is 12.0 Å². The standard InChI is InChI=1S/C18H11ClF8O2/c19-13-4-2-8(6-15(13)21)11(17(22,23)24)7-14(20)9-1-3-10(16(28)29)12(5-9)18(25,26)27/h1-6,11,14H,7H2,(H,28,29). The Balaban J connectivity index is 2.43. The van der Waals surface area contributed by atoms with E-state index < -0.39 is 69.9 Å². The molecule has 1 N–H and O–H groups in total. The Labute approximate surface area is 163 Å². The van der Waals surface area contributed by atoms with E-state index in [1.165, 1.54) is 0 Å². The van der Waals surface area contributed by atoms with Crippen LogP contribution < -0.4 is 0 Å². The molecule has 0 aliphatic rings. The summed E-state index contributed by atoms with van der Waals surface area (Å²) in [6, 6.07) is 3.45. The Bertz CT molecular complexity index is 908. The van der Waals surface area contributed by atoms with E-state index in [1.807, 2.05) is 0 Å². The molecular formula is C18H11ClF8O2. The van der Waals surface area contributed by atoms with Crippen molar-refractivity contribution in [2.75, 3.05) is 0 Å². The second kappa shape index (κ2) is 8.17. The zero-order valence-electron chi connectivity index (χ0n) is 14.1. The van der Waals surface area contributed by atoms with E-state index in [1.54, 1.807) is 0 Å². The van der Waals surface area contributed by atoms with Gasteiger partial charge in [0.05, 0.1) is 22.1 Å². The first-order valence-electron chi connectivity index (χ1n) is 7.82. The maximum atomic E-state index is 14.5. The molecule has 2 aromatic carbocycles. The number of aromatic carboxylic acids is 1. The fourth-order valence-corrected chi connectivity index (χ4v) is 2.83. The van der Waals surface area contributed by atoms with Gasteiger partial charge in [-0.2, -0.15) is 26.3 Å². The molecule has 0 aromatic heterocycles. The second-order valence-electron chi connectivity index (χ2n) is 6.08. The first-order chi connectivity index (χ1) is 13.2. The maximum Gasteiger partial charge on any atom is 0.417 e. The minimum absolute atomic E-state index is 0.157. The number of halogens is 9. The SMILES string of the molecule is O=C(O)c1ccc(C(F)CC(c2ccc(Cl)c(F)c2)C(F)(F)F)cc1C(F)(F)F. The van der Waals surface area contributed by atoms with Crippen LogP contribution in [0.2, 0.25) is 5.02 Å². The zero-order chi connectivity index (χ0) is 22.1. The number of carboxylic acid groups (broad SMARTS) is 1. The van der Waals surface area contributed by atoms with Gasteiger partial charge in [-0.3, -0.25) is 0 Å². The minimum Gasteiger partial charge on any atom is -0.478 e. The van der Waals surface area contributed by atoms with E-state index in [-0.39, 0.29) is 6.07 Å². The highest BCUT2D eigenvalue weighted by Gasteiger charge is 2.43. The molecule has 0 saturated carbocycles. The van der Waals surface area contributed by atoms with Crippen LogP contribution in [0.3, 0.4) is 0 Å². The van der Waals surface area contributed by atoms with E-state index >= 15 is 0 Å². The lowest BCUT2D eigenvalue weighted by Crippen LogP contribution is -2.23. The summed E-state index contributed by atoms with van der Waals surface area (Å²) in [5.74, 6) is -5.62. The van der Waals surface area contributed by atoms with Crippen LogP contribution in [-0.2, 0) is 6.18 Å². The van der Waals surface area contributed by atoms with Crippen LogP contribution in [0.15, 0.2) is 36.4 Å². The predicted molar refractivity (Wildman–Crippen MR) is 87.1 cm³/mol. The van der Waals surface area contributed by atoms with E-state index in [4.69, 9.17) is 16.7 Å². The van der Waals surface area contributed by atoms with Crippen LogP contribution in [0.1, 0.15) is 45.6 Å². The molecule has 0 bridgehead atoms. The summed E-state index contributed by atoms with van der Waals surface area (Å²) in [7, 11) is 0. The average molecular weight is 447 g/mol. The molecule has 2 unspecified atom stereocenters. The van der Waals surface area contributed by atoms with Gasteiger partial charge in [0.25, 0.3) is 0 Å². The van der Waals surface area contributed by atoms with Gasteiger partial charge >= 0.3 is 18.3 Å². The molecule has 0 aliphatic carbocycles. The van der Waals surface area contributed by atoms with Crippen LogP contribution in [0.4, 0.5) is 35.1 Å². The first-order valence-corrected chi connectivity index (χ1v) is 8.19. The van der Waals surface area contributed by atoms with Gasteiger partial charge < -0.3 is 5.11 Å². The van der Waals surface area contributed by atoms with Gasteiger partial charge in [-0.25, -0.2) is 13.6 Å². The summed E-state index contributed by atoms with van der Waals surface area (Å²) >= 11 is 5.42. The number of hydrogen-bond donors (Lipinski definition) is 1. The highest BCUT2D eigenvalue weighted by Crippen LogP contribution is 2.43. The van der Waals surface area contributed by atoms with Crippen molar-refractivity contribution in [3.63, 3.8) is 0 Å². The lowest BCUT2D eigenvalue weighted by atomic mass is 9.89. The fraction of sp³-hybridized carbons (Fsp3) is 0.278. The lowest BCUT2D eigenvalue weighted by Gasteiger charge is -2.23. The molecule has 0 radical (unpaired) electrons. The molecule has 2 rings (SSSR count). The Kier molecular flexibility index (Phi) is 6.46. The van der Waals surface area contributed by atoms with Gasteiger partial charge in [-0.15, -0.1) is 0 Å². The maximum absolute atomic E-state index is 14.5. The van der Waals surface area contributed by atoms with Crippen LogP contribution in [0.25, 0.3) is 0 Å². The third-order valence-corrected chi connectivity index (χ3v) is 4.43. The molecule has 2 aromatic rings. The topological polar surface area (TPSA) is 37.3 Å². The highest BCUT2D eigenvalue weighted by molar-refractivity contribution is 6.30. The van der Waals surface area contributed by atoms with Gasteiger partial charge in [-0.05, 0) is 41.8 Å². The summed E-state index contributed by atoms with van der Waals surface area (Å²) in [5, 5.41) is 8.37. The Hall–Kier alpha value is -2.36. The highest BCUT2D eigenvalue weighted by atomic mass is 35.5. The molecule has 29 heavy (non-hydrogen) atoms. The molecular weight excluding hydrogens is 436 g/mol. The third-order valence-electron chi connectivity index (χ3n) is 4.12. The van der Waals surface area contributed by atoms with Crippen molar-refractivity contribution >= 4 is 17.6 Å². The summed E-state index contributed by atoms with van der Waals surface area (Å²) in [4.78, 5) is 10.9. The van der Waals surface area contributed by atoms with E-state index in [2.05, 4.69) is 0 Å². The average Bonchev–Trinajstić information content (AvgIpc) is 2.59. The van der Waals surface area contributed by atoms with Gasteiger partial charge in [0, 0.05) is 0 Å². The third kappa shape index (κ3) is 5.37. The van der Waals surface area contributed by atoms with Crippen molar-refractivity contribution in [1.82, 2.24) is 0 Å². The predicted octanol–water partition coefficient (Wildman–Crippen LogP) is 6.94. The fourth-order valence-electron chi connectivity index (χ4n) is 2.71. The van der Waals surface area contributed by atoms with E-state index in [0.717, 1.165) is 12.1 Å². The van der Waals surface area contributed by atoms with Crippen molar-refractivity contribution in [3.8, 4) is 0 Å². The van der Waals surface area contributed by atoms with Crippen molar-refractivity contribution in [3.05, 3.63) is 69.5 Å². The minimum atomic E-state index is -5.16. The van der Waals surface area contributed by atoms with Crippen molar-refractivity contribution in [1.29, 1.82) is 0 Å². The van der Waals surface area contributed by atoms with Crippen LogP contribution in [-0.4, -0.2) is 17.3 Å². The van der Waals surface area contributed by atoms with Crippen LogP contribution in [0, 0.1) is 5.82 Å². The molecule has 11 heteroatoms. The number of hydrogen-bond acceptors (Lipinski definition) is 1. The van der Waals surface area contributed by atoms with Gasteiger partial charge in [0.15, 0.2) is 0 Å². The van der Waals surface area contributed by atoms with Crippen molar-refractivity contribution < 1.29 is 45.0 Å². The molecule has 0 amide bonds. The summed E-state index contributed by atoms with van der Waals surface area (Å²) in [5.41, 5.74) is -4.29. The lowest BCUT2D eigenvalue weighted by molar-refractivity contribution is -0.155. The summed E-state index contributed by atoms with van der Waals surface area (Å²) < 4.78 is 107. The molecule has 0 fully saturated rings. The first kappa shape index (κ1) is 22.9. The number of carboxylic acids is 1. The molecule has 0 spiro atoms. The Morgan fingerprint density at radius 2 is 1.59 bits per heavy atom. The van der Waals surface area contributed by atoms with Gasteiger partial charge in [-0.1, -0.05) is 23.7 Å². The quantitative estimate of drug-likeness (QED) is 0.505. The van der Waals surface area contributed by atoms with Gasteiger partial charge in [0.2, 0.25) is 0 Å². The van der Waals surface area contributed by atoms with E-state index in [9.17, 15) is 39.9 Å². The van der Waals surface area contributed by atoms with Crippen molar-refractivity contribution in [2.45, 2.75) is 30.9 Å². The number of carbonyl (C=O) groups is 1. The summed E-state index contributed by atoms with van der Waals surface area (Å²) in [6.45, 7) is 0. The molecule has 2 atom stereocenters. The Morgan fingerprint density at radius 1 is 1.00 bits per heavy atom. The molecule has 0 saturated heterocycles. The summed E-state index contributed by atoms with van der Waals surface area (Å²) in [6.07, 6.45) is -14.1.